The molecule has 0 atom stereocenters. The molecule has 0 radical (unpaired) electrons. The summed E-state index contributed by atoms with van der Waals surface area (Å²) in [5.41, 5.74) is 3.13. The third-order valence-electron chi connectivity index (χ3n) is 3.17. The van der Waals surface area contributed by atoms with Crippen LogP contribution in [0.4, 0.5) is 10.8 Å². The van der Waals surface area contributed by atoms with Crippen LogP contribution in [0.25, 0.3) is 10.9 Å². The lowest BCUT2D eigenvalue weighted by molar-refractivity contribution is 0.914. The smallest absolute Gasteiger partial charge is 0.252 e. The number of aromatic nitrogens is 3. The quantitative estimate of drug-likeness (QED) is 0.529. The Balaban J connectivity index is 2.04. The van der Waals surface area contributed by atoms with Gasteiger partial charge in [0.25, 0.3) is 5.13 Å². The predicted octanol–water partition coefficient (Wildman–Crippen LogP) is 4.48. The van der Waals surface area contributed by atoms with Crippen molar-refractivity contribution >= 4 is 44.8 Å². The van der Waals surface area contributed by atoms with Crippen molar-refractivity contribution in [2.75, 3.05) is 6.26 Å². The minimum atomic E-state index is 0.585. The number of rotatable bonds is 3. The molecule has 3 rings (SSSR count). The Kier molecular flexibility index (Phi) is 3.54. The summed E-state index contributed by atoms with van der Waals surface area (Å²) in [6.07, 6.45) is 1.97. The maximum absolute atomic E-state index is 4.38. The van der Waals surface area contributed by atoms with Crippen molar-refractivity contribution < 1.29 is 0 Å². The summed E-state index contributed by atoms with van der Waals surface area (Å²) >= 11 is 3.00. The van der Waals surface area contributed by atoms with Crippen LogP contribution < -0.4 is 0 Å². The minimum Gasteiger partial charge on any atom is -0.346 e. The van der Waals surface area contributed by atoms with Gasteiger partial charge in [0, 0.05) is 18.1 Å². The standard InChI is InChI=1S/C13H13N5S2/c1-8-11(9-6-4-5-7-10(9)18(8)2)14-15-12-16-17-13(19-3)20-12/h4-7H,1-3H3. The molecule has 5 nitrogen and oxygen atoms in total. The van der Waals surface area contributed by atoms with Crippen molar-refractivity contribution in [2.45, 2.75) is 11.3 Å². The maximum Gasteiger partial charge on any atom is 0.252 e. The van der Waals surface area contributed by atoms with Gasteiger partial charge in [0.1, 0.15) is 5.69 Å². The van der Waals surface area contributed by atoms with Crippen LogP contribution >= 0.6 is 23.1 Å². The van der Waals surface area contributed by atoms with Crippen LogP contribution in [0.15, 0.2) is 38.8 Å². The van der Waals surface area contributed by atoms with E-state index in [4.69, 9.17) is 0 Å². The second kappa shape index (κ2) is 5.34. The second-order valence-electron chi connectivity index (χ2n) is 4.26. The highest BCUT2D eigenvalue weighted by Gasteiger charge is 2.11. The fraction of sp³-hybridized carbons (Fsp3) is 0.231. The molecule has 0 aliphatic heterocycles. The minimum absolute atomic E-state index is 0.585. The first-order valence-corrected chi connectivity index (χ1v) is 8.08. The molecule has 1 aromatic carbocycles. The van der Waals surface area contributed by atoms with E-state index in [1.165, 1.54) is 11.3 Å². The summed E-state index contributed by atoms with van der Waals surface area (Å²) < 4.78 is 3.02. The molecule has 2 aromatic heterocycles. The molecule has 0 aliphatic carbocycles. The topological polar surface area (TPSA) is 55.4 Å². The average molecular weight is 303 g/mol. The number of fused-ring (bicyclic) bond motifs is 1. The van der Waals surface area contributed by atoms with Crippen LogP contribution in [-0.2, 0) is 7.05 Å². The molecular formula is C13H13N5S2. The fourth-order valence-electron chi connectivity index (χ4n) is 2.05. The van der Waals surface area contributed by atoms with E-state index in [2.05, 4.69) is 37.1 Å². The Bertz CT molecular complexity index is 787. The van der Waals surface area contributed by atoms with Crippen LogP contribution in [-0.4, -0.2) is 21.0 Å². The van der Waals surface area contributed by atoms with E-state index < -0.39 is 0 Å². The zero-order chi connectivity index (χ0) is 14.1. The SMILES string of the molecule is CSc1nnc(N=Nc2c(C)n(C)c3ccccc23)s1. The van der Waals surface area contributed by atoms with Gasteiger partial charge < -0.3 is 4.57 Å². The van der Waals surface area contributed by atoms with E-state index in [1.807, 2.05) is 32.4 Å². The van der Waals surface area contributed by atoms with Crippen molar-refractivity contribution in [1.82, 2.24) is 14.8 Å². The highest BCUT2D eigenvalue weighted by atomic mass is 32.2. The number of benzene rings is 1. The van der Waals surface area contributed by atoms with E-state index >= 15 is 0 Å². The summed E-state index contributed by atoms with van der Waals surface area (Å²) in [5.74, 6) is 0. The normalized spacial score (nSPS) is 11.8. The van der Waals surface area contributed by atoms with Crippen molar-refractivity contribution in [3.63, 3.8) is 0 Å². The lowest BCUT2D eigenvalue weighted by atomic mass is 10.2. The van der Waals surface area contributed by atoms with Crippen LogP contribution in [0.2, 0.25) is 0 Å². The Morgan fingerprint density at radius 1 is 1.20 bits per heavy atom. The molecule has 0 aliphatic rings. The molecule has 7 heteroatoms. The Hall–Kier alpha value is -1.73. The number of para-hydroxylation sites is 1. The number of hydrogen-bond donors (Lipinski definition) is 0. The third-order valence-corrected chi connectivity index (χ3v) is 4.96. The maximum atomic E-state index is 4.38. The molecule has 0 saturated heterocycles. The van der Waals surface area contributed by atoms with E-state index in [9.17, 15) is 0 Å². The molecule has 0 fully saturated rings. The summed E-state index contributed by atoms with van der Waals surface area (Å²) in [6, 6.07) is 8.18. The molecule has 0 N–H and O–H groups in total. The molecule has 0 bridgehead atoms. The van der Waals surface area contributed by atoms with Gasteiger partial charge >= 0.3 is 0 Å². The highest BCUT2D eigenvalue weighted by molar-refractivity contribution is 8.00. The lowest BCUT2D eigenvalue weighted by Crippen LogP contribution is -1.88. The molecule has 102 valence electrons. The van der Waals surface area contributed by atoms with E-state index in [0.717, 1.165) is 26.6 Å². The molecule has 20 heavy (non-hydrogen) atoms. The van der Waals surface area contributed by atoms with E-state index in [-0.39, 0.29) is 0 Å². The Labute approximate surface area is 124 Å². The molecule has 0 saturated carbocycles. The average Bonchev–Trinajstić information content (AvgIpc) is 3.03. The number of hydrogen-bond acceptors (Lipinski definition) is 6. The van der Waals surface area contributed by atoms with Crippen molar-refractivity contribution in [1.29, 1.82) is 0 Å². The van der Waals surface area contributed by atoms with Crippen molar-refractivity contribution in [2.24, 2.45) is 17.3 Å². The third kappa shape index (κ3) is 2.23. The molecular weight excluding hydrogens is 290 g/mol. The zero-order valence-corrected chi connectivity index (χ0v) is 13.0. The number of thioether (sulfide) groups is 1. The Morgan fingerprint density at radius 2 is 2.00 bits per heavy atom. The van der Waals surface area contributed by atoms with Crippen molar-refractivity contribution in [3.8, 4) is 0 Å². The zero-order valence-electron chi connectivity index (χ0n) is 11.4. The monoisotopic (exact) mass is 303 g/mol. The second-order valence-corrected chi connectivity index (χ2v) is 6.27. The number of aryl methyl sites for hydroxylation is 1. The van der Waals surface area contributed by atoms with Gasteiger partial charge in [-0.25, -0.2) is 0 Å². The molecule has 0 spiro atoms. The van der Waals surface area contributed by atoms with Gasteiger partial charge in [0.05, 0.1) is 5.52 Å². The first-order valence-electron chi connectivity index (χ1n) is 6.04. The Morgan fingerprint density at radius 3 is 2.75 bits per heavy atom. The number of nitrogens with zero attached hydrogens (tertiary/aromatic N) is 5. The van der Waals surface area contributed by atoms with Gasteiger partial charge in [-0.3, -0.25) is 0 Å². The molecule has 3 aromatic rings. The number of azo groups is 1. The summed E-state index contributed by atoms with van der Waals surface area (Å²) in [4.78, 5) is 0. The summed E-state index contributed by atoms with van der Waals surface area (Å²) in [7, 11) is 2.04. The van der Waals surface area contributed by atoms with E-state index in [0.29, 0.717) is 5.13 Å². The van der Waals surface area contributed by atoms with Gasteiger partial charge in [0.2, 0.25) is 0 Å². The summed E-state index contributed by atoms with van der Waals surface area (Å²) in [6.45, 7) is 2.04. The summed E-state index contributed by atoms with van der Waals surface area (Å²) in [5, 5.41) is 18.3. The van der Waals surface area contributed by atoms with Crippen LogP contribution in [0.3, 0.4) is 0 Å². The van der Waals surface area contributed by atoms with Gasteiger partial charge in [-0.05, 0) is 19.2 Å². The molecule has 2 heterocycles. The van der Waals surface area contributed by atoms with E-state index in [1.54, 1.807) is 11.8 Å². The van der Waals surface area contributed by atoms with Crippen LogP contribution in [0.1, 0.15) is 5.69 Å². The predicted molar refractivity (Wildman–Crippen MR) is 83.5 cm³/mol. The van der Waals surface area contributed by atoms with Crippen LogP contribution in [0.5, 0.6) is 0 Å². The highest BCUT2D eigenvalue weighted by Crippen LogP contribution is 2.34. The largest absolute Gasteiger partial charge is 0.346 e. The lowest BCUT2D eigenvalue weighted by Gasteiger charge is -1.96. The van der Waals surface area contributed by atoms with Crippen LogP contribution in [0, 0.1) is 6.92 Å². The first-order chi connectivity index (χ1) is 9.70. The fourth-order valence-corrected chi connectivity index (χ4v) is 3.13. The van der Waals surface area contributed by atoms with Gasteiger partial charge in [-0.1, -0.05) is 41.3 Å². The molecule has 0 unspecified atom stereocenters. The van der Waals surface area contributed by atoms with Gasteiger partial charge in [-0.15, -0.1) is 20.4 Å². The molecule has 0 amide bonds. The first kappa shape index (κ1) is 13.3. The van der Waals surface area contributed by atoms with Gasteiger partial charge in [0.15, 0.2) is 4.34 Å². The van der Waals surface area contributed by atoms with Crippen molar-refractivity contribution in [3.05, 3.63) is 30.0 Å². The van der Waals surface area contributed by atoms with Gasteiger partial charge in [-0.2, -0.15) is 0 Å².